The van der Waals surface area contributed by atoms with Gasteiger partial charge in [-0.1, -0.05) is 51.7 Å². The topological polar surface area (TPSA) is 70.7 Å². The van der Waals surface area contributed by atoms with Crippen molar-refractivity contribution < 1.29 is 14.3 Å². The lowest BCUT2D eigenvalue weighted by atomic mass is 10.2. The number of hydrogen-bond acceptors (Lipinski definition) is 5. The number of rotatable bonds is 12. The van der Waals surface area contributed by atoms with E-state index >= 15 is 0 Å². The highest BCUT2D eigenvalue weighted by Gasteiger charge is 2.22. The number of imidazole rings is 1. The molecule has 4 rings (SSSR count). The van der Waals surface area contributed by atoms with E-state index in [-0.39, 0.29) is 5.97 Å². The predicted molar refractivity (Wildman–Crippen MR) is 131 cm³/mol. The summed E-state index contributed by atoms with van der Waals surface area (Å²) in [5.74, 6) is 1.29. The third kappa shape index (κ3) is 4.88. The average Bonchev–Trinajstić information content (AvgIpc) is 3.36. The summed E-state index contributed by atoms with van der Waals surface area (Å²) < 4.78 is 15.4. The van der Waals surface area contributed by atoms with Gasteiger partial charge in [0.05, 0.1) is 17.6 Å². The maximum Gasteiger partial charge on any atom is 0.311 e. The Hall–Kier alpha value is -2.93. The van der Waals surface area contributed by atoms with Crippen molar-refractivity contribution in [1.82, 2.24) is 18.9 Å². The second-order valence-corrected chi connectivity index (χ2v) is 8.55. The standard InChI is InChI=1S/C26H34N4O3/c1-4-6-8-14-22-28-25-24(26-27-19-12-10-11-13-20(19)30(22)26)21(18-29(25)16-17-32-3)33-23(31)15-9-7-5-2/h10-13,18H,4-9,14-17H2,1-3H3. The lowest BCUT2D eigenvalue weighted by Gasteiger charge is -2.09. The van der Waals surface area contributed by atoms with Crippen LogP contribution in [0.25, 0.3) is 27.7 Å². The smallest absolute Gasteiger partial charge is 0.311 e. The molecule has 3 aromatic heterocycles. The minimum Gasteiger partial charge on any atom is -0.424 e. The molecule has 0 bridgehead atoms. The number of esters is 1. The molecule has 3 heterocycles. The fraction of sp³-hybridized carbons (Fsp3) is 0.500. The molecule has 0 unspecified atom stereocenters. The number of ether oxygens (including phenoxy) is 2. The largest absolute Gasteiger partial charge is 0.424 e. The third-order valence-electron chi connectivity index (χ3n) is 6.04. The van der Waals surface area contributed by atoms with Crippen LogP contribution in [-0.2, 0) is 22.5 Å². The number of carbonyl (C=O) groups excluding carboxylic acids is 1. The highest BCUT2D eigenvalue weighted by Crippen LogP contribution is 2.34. The van der Waals surface area contributed by atoms with E-state index in [0.717, 1.165) is 78.5 Å². The summed E-state index contributed by atoms with van der Waals surface area (Å²) in [5.41, 5.74) is 3.52. The predicted octanol–water partition coefficient (Wildman–Crippen LogP) is 5.70. The number of fused-ring (bicyclic) bond motifs is 5. The molecule has 0 saturated carbocycles. The Kier molecular flexibility index (Phi) is 7.60. The molecule has 0 radical (unpaired) electrons. The Bertz CT molecular complexity index is 1240. The summed E-state index contributed by atoms with van der Waals surface area (Å²) in [5, 5.41) is 0.783. The molecule has 0 aliphatic rings. The molecule has 0 atom stereocenters. The first-order valence-corrected chi connectivity index (χ1v) is 12.2. The molecule has 4 aromatic rings. The maximum absolute atomic E-state index is 12.6. The van der Waals surface area contributed by atoms with Gasteiger partial charge >= 0.3 is 5.97 Å². The molecule has 0 aliphatic heterocycles. The van der Waals surface area contributed by atoms with Gasteiger partial charge in [0.1, 0.15) is 16.9 Å². The maximum atomic E-state index is 12.6. The van der Waals surface area contributed by atoms with Gasteiger partial charge in [0.15, 0.2) is 11.4 Å². The average molecular weight is 451 g/mol. The van der Waals surface area contributed by atoms with E-state index in [1.165, 1.54) is 0 Å². The zero-order valence-electron chi connectivity index (χ0n) is 20.0. The molecule has 0 amide bonds. The molecular weight excluding hydrogens is 416 g/mol. The second-order valence-electron chi connectivity index (χ2n) is 8.55. The first-order chi connectivity index (χ1) is 16.2. The van der Waals surface area contributed by atoms with Crippen LogP contribution in [0.15, 0.2) is 30.5 Å². The number of aromatic nitrogens is 4. The van der Waals surface area contributed by atoms with Crippen LogP contribution in [0.5, 0.6) is 5.75 Å². The number of para-hydroxylation sites is 2. The monoisotopic (exact) mass is 450 g/mol. The van der Waals surface area contributed by atoms with Crippen molar-refractivity contribution in [3.05, 3.63) is 36.3 Å². The van der Waals surface area contributed by atoms with Crippen molar-refractivity contribution in [1.29, 1.82) is 0 Å². The van der Waals surface area contributed by atoms with Crippen LogP contribution in [0.3, 0.4) is 0 Å². The lowest BCUT2D eigenvalue weighted by molar-refractivity contribution is -0.134. The molecule has 0 fully saturated rings. The van der Waals surface area contributed by atoms with Crippen LogP contribution >= 0.6 is 0 Å². The van der Waals surface area contributed by atoms with Gasteiger partial charge in [0.2, 0.25) is 0 Å². The summed E-state index contributed by atoms with van der Waals surface area (Å²) in [6.45, 7) is 5.49. The van der Waals surface area contributed by atoms with Crippen LogP contribution in [0.2, 0.25) is 0 Å². The van der Waals surface area contributed by atoms with Gasteiger partial charge < -0.3 is 14.0 Å². The fourth-order valence-electron chi connectivity index (χ4n) is 4.31. The van der Waals surface area contributed by atoms with E-state index in [2.05, 4.69) is 24.3 Å². The normalized spacial score (nSPS) is 11.7. The van der Waals surface area contributed by atoms with E-state index in [1.54, 1.807) is 7.11 Å². The van der Waals surface area contributed by atoms with Gasteiger partial charge in [-0.05, 0) is 25.0 Å². The number of carbonyl (C=O) groups is 1. The van der Waals surface area contributed by atoms with Gasteiger partial charge in [0, 0.05) is 32.7 Å². The Morgan fingerprint density at radius 1 is 1.00 bits per heavy atom. The first-order valence-electron chi connectivity index (χ1n) is 12.2. The van der Waals surface area contributed by atoms with Gasteiger partial charge in [0.25, 0.3) is 0 Å². The van der Waals surface area contributed by atoms with Crippen molar-refractivity contribution in [3.63, 3.8) is 0 Å². The molecule has 0 saturated heterocycles. The number of unbranched alkanes of at least 4 members (excludes halogenated alkanes) is 4. The van der Waals surface area contributed by atoms with Crippen molar-refractivity contribution in [2.75, 3.05) is 13.7 Å². The summed E-state index contributed by atoms with van der Waals surface area (Å²) in [4.78, 5) is 22.6. The summed E-state index contributed by atoms with van der Waals surface area (Å²) in [7, 11) is 1.68. The Morgan fingerprint density at radius 3 is 2.58 bits per heavy atom. The Morgan fingerprint density at radius 2 is 1.79 bits per heavy atom. The van der Waals surface area contributed by atoms with Crippen LogP contribution in [-0.4, -0.2) is 38.6 Å². The van der Waals surface area contributed by atoms with Crippen LogP contribution < -0.4 is 4.74 Å². The molecule has 0 spiro atoms. The number of methoxy groups -OCH3 is 1. The summed E-state index contributed by atoms with van der Waals surface area (Å²) >= 11 is 0. The van der Waals surface area contributed by atoms with E-state index in [0.29, 0.717) is 25.3 Å². The Labute approximate surface area is 194 Å². The number of benzene rings is 1. The van der Waals surface area contributed by atoms with Crippen LogP contribution in [0.1, 0.15) is 64.6 Å². The number of nitrogens with zero attached hydrogens (tertiary/aromatic N) is 4. The van der Waals surface area contributed by atoms with Crippen molar-refractivity contribution in [2.45, 2.75) is 71.8 Å². The second kappa shape index (κ2) is 10.8. The molecule has 0 N–H and O–H groups in total. The SMILES string of the molecule is CCCCCC(=O)Oc1cn(CCOC)c2nc(CCCCC)n3c4ccccc4nc3c12. The van der Waals surface area contributed by atoms with Gasteiger partial charge in [-0.3, -0.25) is 9.20 Å². The lowest BCUT2D eigenvalue weighted by Crippen LogP contribution is -2.08. The first kappa shape index (κ1) is 23.2. The van der Waals surface area contributed by atoms with E-state index in [9.17, 15) is 4.79 Å². The molecule has 176 valence electrons. The highest BCUT2D eigenvalue weighted by molar-refractivity contribution is 6.00. The molecule has 7 nitrogen and oxygen atoms in total. The molecule has 7 heteroatoms. The Balaban J connectivity index is 1.88. The van der Waals surface area contributed by atoms with Crippen molar-refractivity contribution in [3.8, 4) is 5.75 Å². The fourth-order valence-corrected chi connectivity index (χ4v) is 4.31. The minimum absolute atomic E-state index is 0.212. The van der Waals surface area contributed by atoms with Crippen LogP contribution in [0, 0.1) is 0 Å². The minimum atomic E-state index is -0.212. The molecule has 0 aliphatic carbocycles. The highest BCUT2D eigenvalue weighted by atomic mass is 16.5. The quantitative estimate of drug-likeness (QED) is 0.204. The van der Waals surface area contributed by atoms with Crippen molar-refractivity contribution in [2.24, 2.45) is 0 Å². The van der Waals surface area contributed by atoms with E-state index < -0.39 is 0 Å². The van der Waals surface area contributed by atoms with E-state index in [1.807, 2.05) is 29.0 Å². The summed E-state index contributed by atoms with van der Waals surface area (Å²) in [6, 6.07) is 8.11. The van der Waals surface area contributed by atoms with Gasteiger partial charge in [-0.2, -0.15) is 0 Å². The third-order valence-corrected chi connectivity index (χ3v) is 6.04. The summed E-state index contributed by atoms with van der Waals surface area (Å²) in [6.07, 6.45) is 9.44. The number of hydrogen-bond donors (Lipinski definition) is 0. The van der Waals surface area contributed by atoms with Gasteiger partial charge in [-0.15, -0.1) is 0 Å². The zero-order chi connectivity index (χ0) is 23.2. The van der Waals surface area contributed by atoms with Crippen molar-refractivity contribution >= 4 is 33.7 Å². The van der Waals surface area contributed by atoms with E-state index in [4.69, 9.17) is 19.4 Å². The molecule has 33 heavy (non-hydrogen) atoms. The molecular formula is C26H34N4O3. The zero-order valence-corrected chi connectivity index (χ0v) is 20.0. The molecule has 1 aromatic carbocycles. The number of aryl methyl sites for hydroxylation is 1. The van der Waals surface area contributed by atoms with Gasteiger partial charge in [-0.25, -0.2) is 9.97 Å². The van der Waals surface area contributed by atoms with Crippen LogP contribution in [0.4, 0.5) is 0 Å².